The molecule has 4 amide bonds. The van der Waals surface area contributed by atoms with E-state index in [1.165, 1.54) is 32.2 Å². The van der Waals surface area contributed by atoms with Crippen LogP contribution in [-0.2, 0) is 33.9 Å². The summed E-state index contributed by atoms with van der Waals surface area (Å²) in [5, 5.41) is 5.17. The molecule has 4 aliphatic rings. The number of allylic oxidation sites excluding steroid dienone is 1. The molecule has 17 nitrogen and oxygen atoms in total. The number of ether oxygens (including phenoxy) is 5. The van der Waals surface area contributed by atoms with Crippen molar-refractivity contribution in [2.24, 2.45) is 17.8 Å². The van der Waals surface area contributed by atoms with E-state index in [0.29, 0.717) is 53.4 Å². The van der Waals surface area contributed by atoms with Crippen molar-refractivity contribution in [1.82, 2.24) is 25.2 Å². The van der Waals surface area contributed by atoms with Gasteiger partial charge in [-0.1, -0.05) is 26.0 Å². The Balaban J connectivity index is 1.36. The minimum Gasteiger partial charge on any atom is -0.497 e. The van der Waals surface area contributed by atoms with Gasteiger partial charge >= 0.3 is 24.6 Å². The van der Waals surface area contributed by atoms with E-state index in [-0.39, 0.29) is 53.3 Å². The lowest BCUT2D eigenvalue weighted by Crippen LogP contribution is -2.59. The Morgan fingerprint density at radius 1 is 0.941 bits per heavy atom. The summed E-state index contributed by atoms with van der Waals surface area (Å²) in [5.41, 5.74) is -7.68. The Hall–Kier alpha value is -5.55. The second kappa shape index (κ2) is 18.4. The van der Waals surface area contributed by atoms with Crippen molar-refractivity contribution >= 4 is 50.8 Å². The summed E-state index contributed by atoms with van der Waals surface area (Å²) in [6, 6.07) is 1.17. The van der Waals surface area contributed by atoms with Crippen LogP contribution >= 0.6 is 0 Å². The lowest BCUT2D eigenvalue weighted by molar-refractivity contribution is -0.247. The largest absolute Gasteiger partial charge is 0.514 e. The number of pyridine rings is 1. The Kier molecular flexibility index (Phi) is 14.0. The maximum Gasteiger partial charge on any atom is 0.514 e. The third-order valence-corrected chi connectivity index (χ3v) is 15.2. The summed E-state index contributed by atoms with van der Waals surface area (Å²) in [4.78, 5) is 74.7. The molecule has 1 aromatic carbocycles. The van der Waals surface area contributed by atoms with Crippen LogP contribution in [0.5, 0.6) is 17.4 Å². The molecule has 2 aliphatic carbocycles. The molecule has 2 aliphatic heterocycles. The topological polar surface area (TPSA) is 218 Å². The van der Waals surface area contributed by atoms with Crippen LogP contribution in [0.4, 0.5) is 35.9 Å². The predicted octanol–water partition coefficient (Wildman–Crippen LogP) is 6.77. The summed E-state index contributed by atoms with van der Waals surface area (Å²) < 4.78 is 136. The minimum atomic E-state index is -4.99. The van der Waals surface area contributed by atoms with Crippen molar-refractivity contribution in [2.75, 3.05) is 13.7 Å². The number of nitrogens with one attached hydrogen (secondary N) is 3. The van der Waals surface area contributed by atoms with E-state index in [9.17, 15) is 58.7 Å². The van der Waals surface area contributed by atoms with Gasteiger partial charge < -0.3 is 39.2 Å². The molecule has 376 valence electrons. The average molecular weight is 992 g/mol. The summed E-state index contributed by atoms with van der Waals surface area (Å²) in [7, 11) is -2.86. The SMILES string of the molecule is COc1ccc2c(O[C@@H]3C[C@H]4C(=O)N[C@]5(C(=O)NS(=O)(=O)C6(C)CC6)C[C@H]5/C=C/CC[C@@H](C)C[C@@H](C)[C@H](NC(=O)OC(C)(C)C(F)(F)F)C(=O)N4C3)ncc(OC(=O)OC(C)(C)C(F)(F)F)c2c1. The zero-order chi connectivity index (χ0) is 50.6. The maximum absolute atomic E-state index is 14.9. The molecule has 0 spiro atoms. The minimum absolute atomic E-state index is 0.000534. The van der Waals surface area contributed by atoms with Crippen LogP contribution in [0.25, 0.3) is 10.8 Å². The van der Waals surface area contributed by atoms with Gasteiger partial charge in [-0.25, -0.2) is 23.0 Å². The molecule has 0 unspecified atom stereocenters. The van der Waals surface area contributed by atoms with Crippen LogP contribution in [0.2, 0.25) is 0 Å². The number of hydrogen-bond acceptors (Lipinski definition) is 13. The molecule has 3 N–H and O–H groups in total. The number of rotatable bonds is 10. The van der Waals surface area contributed by atoms with Crippen LogP contribution in [0.1, 0.15) is 93.4 Å². The van der Waals surface area contributed by atoms with E-state index in [1.807, 2.05) is 6.92 Å². The molecular formula is C44H55F6N5O12S. The standard InChI is InChI=1S/C44H55F6N5O12S/c1-23-11-9-10-12-25-20-42(25,36(58)54-68(61,62)41(7)15-16-41)53-33(56)30-19-27(22-55(30)35(57)32(24(2)17-23)52-37(59)66-39(3,4)43(45,46)47)64-34-28-14-13-26(63-8)18-29(28)31(21-51-34)65-38(60)67-40(5,6)44(48,49)50/h10,12-14,18,21,23-25,27,30,32H,9,11,15-17,19-20,22H2,1-8H3,(H,52,59)(H,53,56)(H,54,58)/b12-10+/t23-,24-,25-,27-,30+,32+,42-/m1/s1. The highest BCUT2D eigenvalue weighted by atomic mass is 32.2. The van der Waals surface area contributed by atoms with Gasteiger partial charge in [-0.15, -0.1) is 0 Å². The number of sulfonamides is 1. The van der Waals surface area contributed by atoms with Crippen molar-refractivity contribution in [3.63, 3.8) is 0 Å². The first-order valence-electron chi connectivity index (χ1n) is 21.9. The second-order valence-electron chi connectivity index (χ2n) is 19.3. The Morgan fingerprint density at radius 2 is 1.59 bits per heavy atom. The van der Waals surface area contributed by atoms with Crippen molar-refractivity contribution in [2.45, 2.75) is 145 Å². The van der Waals surface area contributed by atoms with Crippen LogP contribution in [0.3, 0.4) is 0 Å². The molecule has 24 heteroatoms. The smallest absolute Gasteiger partial charge is 0.497 e. The number of aromatic nitrogens is 1. The van der Waals surface area contributed by atoms with Crippen molar-refractivity contribution in [3.05, 3.63) is 36.5 Å². The van der Waals surface area contributed by atoms with E-state index >= 15 is 0 Å². The van der Waals surface area contributed by atoms with E-state index in [2.05, 4.69) is 25.1 Å². The Bertz CT molecular complexity index is 2460. The van der Waals surface area contributed by atoms with Gasteiger partial charge in [0.2, 0.25) is 38.9 Å². The number of carbonyl (C=O) groups is 5. The van der Waals surface area contributed by atoms with E-state index in [1.54, 1.807) is 19.1 Å². The first-order chi connectivity index (χ1) is 31.3. The number of nitrogens with zero attached hydrogens (tertiary/aromatic N) is 2. The number of halogens is 6. The van der Waals surface area contributed by atoms with Gasteiger partial charge in [-0.05, 0) is 103 Å². The normalized spacial score (nSPS) is 27.2. The monoisotopic (exact) mass is 991 g/mol. The molecule has 2 aromatic rings. The number of fused-ring (bicyclic) bond motifs is 3. The molecule has 3 heterocycles. The summed E-state index contributed by atoms with van der Waals surface area (Å²) in [6.07, 6.45) is -8.35. The number of carbonyl (C=O) groups excluding carboxylic acids is 5. The van der Waals surface area contributed by atoms with Crippen LogP contribution in [0, 0.1) is 17.8 Å². The molecule has 0 radical (unpaired) electrons. The van der Waals surface area contributed by atoms with Crippen molar-refractivity contribution in [1.29, 1.82) is 0 Å². The molecule has 1 saturated heterocycles. The number of alkyl carbamates (subject to hydrolysis) is 1. The summed E-state index contributed by atoms with van der Waals surface area (Å²) >= 11 is 0. The van der Waals surface area contributed by atoms with Crippen LogP contribution < -0.4 is 29.6 Å². The molecule has 7 atom stereocenters. The molecule has 6 rings (SSSR count). The van der Waals surface area contributed by atoms with Crippen molar-refractivity contribution in [3.8, 4) is 17.4 Å². The van der Waals surface area contributed by atoms with Crippen LogP contribution in [-0.4, -0.2) is 114 Å². The van der Waals surface area contributed by atoms with E-state index in [4.69, 9.17) is 18.9 Å². The lowest BCUT2D eigenvalue weighted by atomic mass is 9.88. The zero-order valence-electron chi connectivity index (χ0n) is 38.6. The number of alkyl halides is 6. The third-order valence-electron chi connectivity index (χ3n) is 13.1. The number of amides is 4. The van der Waals surface area contributed by atoms with Gasteiger partial charge in [0.15, 0.2) is 5.75 Å². The van der Waals surface area contributed by atoms with Gasteiger partial charge in [0.1, 0.15) is 29.5 Å². The quantitative estimate of drug-likeness (QED) is 0.127. The second-order valence-corrected chi connectivity index (χ2v) is 21.5. The number of benzene rings is 1. The van der Waals surface area contributed by atoms with Gasteiger partial charge in [-0.3, -0.25) is 19.1 Å². The molecule has 2 saturated carbocycles. The Labute approximate surface area is 388 Å². The van der Waals surface area contributed by atoms with Gasteiger partial charge in [0.25, 0.3) is 5.91 Å². The summed E-state index contributed by atoms with van der Waals surface area (Å²) in [6.45, 7) is 7.04. The fraction of sp³-hybridized carbons (Fsp3) is 0.636. The third kappa shape index (κ3) is 10.8. The molecule has 1 aromatic heterocycles. The number of methoxy groups -OCH3 is 1. The summed E-state index contributed by atoms with van der Waals surface area (Å²) in [5.74, 6) is -4.73. The van der Waals surface area contributed by atoms with Gasteiger partial charge in [0, 0.05) is 23.1 Å². The fourth-order valence-electron chi connectivity index (χ4n) is 8.05. The fourth-order valence-corrected chi connectivity index (χ4v) is 9.36. The van der Waals surface area contributed by atoms with Gasteiger partial charge in [-0.2, -0.15) is 26.3 Å². The average Bonchev–Trinajstić information content (AvgIpc) is 4.10. The van der Waals surface area contributed by atoms with Crippen molar-refractivity contribution < 1.29 is 82.4 Å². The Morgan fingerprint density at radius 3 is 2.21 bits per heavy atom. The molecule has 3 fully saturated rings. The molecule has 0 bridgehead atoms. The predicted molar refractivity (Wildman–Crippen MR) is 229 cm³/mol. The number of hydrogen-bond donors (Lipinski definition) is 3. The van der Waals surface area contributed by atoms with E-state index in [0.717, 1.165) is 11.1 Å². The highest BCUT2D eigenvalue weighted by Crippen LogP contribution is 2.48. The molecule has 68 heavy (non-hydrogen) atoms. The van der Waals surface area contributed by atoms with E-state index < -0.39 is 110 Å². The lowest BCUT2D eigenvalue weighted by Gasteiger charge is -2.34. The first-order valence-corrected chi connectivity index (χ1v) is 23.3. The molecular weight excluding hydrogens is 937 g/mol. The van der Waals surface area contributed by atoms with Crippen LogP contribution in [0.15, 0.2) is 36.5 Å². The maximum atomic E-state index is 14.9. The highest BCUT2D eigenvalue weighted by Gasteiger charge is 2.63. The van der Waals surface area contributed by atoms with Gasteiger partial charge in [0.05, 0.1) is 24.6 Å². The first kappa shape index (κ1) is 51.8. The highest BCUT2D eigenvalue weighted by molar-refractivity contribution is 7.91. The zero-order valence-corrected chi connectivity index (χ0v) is 39.4.